The lowest BCUT2D eigenvalue weighted by molar-refractivity contribution is -0.132. The van der Waals surface area contributed by atoms with E-state index in [0.29, 0.717) is 6.04 Å². The van der Waals surface area contributed by atoms with Crippen LogP contribution in [0, 0.1) is 5.92 Å². The number of carbonyl (C=O) groups is 1. The molecule has 0 N–H and O–H groups in total. The van der Waals surface area contributed by atoms with Crippen LogP contribution in [-0.4, -0.2) is 53.4 Å². The third kappa shape index (κ3) is 4.83. The number of anilines is 1. The molecule has 1 unspecified atom stereocenters. The monoisotopic (exact) mass is 356 g/mol. The topological polar surface area (TPSA) is 49.3 Å². The Morgan fingerprint density at radius 3 is 2.35 bits per heavy atom. The van der Waals surface area contributed by atoms with E-state index in [2.05, 4.69) is 24.0 Å². The zero-order chi connectivity index (χ0) is 17.0. The second-order valence-corrected chi connectivity index (χ2v) is 9.11. The minimum Gasteiger partial charge on any atom is -0.353 e. The summed E-state index contributed by atoms with van der Waals surface area (Å²) in [5.41, 5.74) is 0. The fraction of sp³-hybridized carbons (Fsp3) is 0.812. The van der Waals surface area contributed by atoms with Crippen LogP contribution in [0.25, 0.3) is 0 Å². The van der Waals surface area contributed by atoms with Gasteiger partial charge in [-0.25, -0.2) is 0 Å². The highest BCUT2D eigenvalue weighted by atomic mass is 32.2. The summed E-state index contributed by atoms with van der Waals surface area (Å²) in [5, 5.41) is 9.19. The molecule has 7 heteroatoms. The Hall–Kier alpha value is -0.820. The van der Waals surface area contributed by atoms with Crippen LogP contribution in [0.3, 0.4) is 0 Å². The Balaban J connectivity index is 2.05. The van der Waals surface area contributed by atoms with E-state index in [1.165, 1.54) is 19.3 Å². The molecular weight excluding hydrogens is 328 g/mol. The zero-order valence-electron chi connectivity index (χ0n) is 14.8. The maximum Gasteiger partial charge on any atom is 0.236 e. The van der Waals surface area contributed by atoms with E-state index in [4.69, 9.17) is 0 Å². The van der Waals surface area contributed by atoms with Crippen LogP contribution in [0.2, 0.25) is 0 Å². The predicted molar refractivity (Wildman–Crippen MR) is 98.4 cm³/mol. The minimum absolute atomic E-state index is 0.0927. The fourth-order valence-electron chi connectivity index (χ4n) is 2.86. The second-order valence-electron chi connectivity index (χ2n) is 6.77. The molecule has 0 aromatic carbocycles. The van der Waals surface area contributed by atoms with Crippen LogP contribution >= 0.6 is 23.1 Å². The first-order valence-electron chi connectivity index (χ1n) is 8.34. The number of hydrogen-bond acceptors (Lipinski definition) is 6. The van der Waals surface area contributed by atoms with Crippen molar-refractivity contribution in [1.29, 1.82) is 0 Å². The molecule has 0 aliphatic heterocycles. The smallest absolute Gasteiger partial charge is 0.236 e. The fourth-order valence-corrected chi connectivity index (χ4v) is 4.93. The maximum atomic E-state index is 13.0. The van der Waals surface area contributed by atoms with Crippen LogP contribution in [-0.2, 0) is 4.79 Å². The lowest BCUT2D eigenvalue weighted by Gasteiger charge is -2.34. The maximum absolute atomic E-state index is 13.0. The molecule has 0 radical (unpaired) electrons. The number of aromatic nitrogens is 2. The number of carbonyl (C=O) groups excluding carboxylic acids is 1. The van der Waals surface area contributed by atoms with Gasteiger partial charge in [0.05, 0.1) is 5.25 Å². The molecule has 0 saturated heterocycles. The molecular formula is C16H28N4OS2. The number of hydrogen-bond donors (Lipinski definition) is 0. The summed E-state index contributed by atoms with van der Waals surface area (Å²) in [6.07, 6.45) is 6.07. The first kappa shape index (κ1) is 18.5. The largest absolute Gasteiger partial charge is 0.353 e. The third-order valence-electron chi connectivity index (χ3n) is 4.33. The van der Waals surface area contributed by atoms with Gasteiger partial charge in [0, 0.05) is 27.2 Å². The molecule has 5 nitrogen and oxygen atoms in total. The van der Waals surface area contributed by atoms with Crippen molar-refractivity contribution in [3.8, 4) is 0 Å². The van der Waals surface area contributed by atoms with Crippen LogP contribution in [0.4, 0.5) is 5.13 Å². The van der Waals surface area contributed by atoms with Gasteiger partial charge in [-0.2, -0.15) is 0 Å². The van der Waals surface area contributed by atoms with Crippen LogP contribution in [0.15, 0.2) is 4.34 Å². The van der Waals surface area contributed by atoms with Crippen molar-refractivity contribution in [2.45, 2.75) is 61.6 Å². The van der Waals surface area contributed by atoms with Gasteiger partial charge in [0.1, 0.15) is 0 Å². The zero-order valence-corrected chi connectivity index (χ0v) is 16.4. The van der Waals surface area contributed by atoms with Gasteiger partial charge < -0.3 is 9.80 Å². The Labute approximate surface area is 147 Å². The molecule has 130 valence electrons. The molecule has 1 aromatic heterocycles. The highest BCUT2D eigenvalue weighted by Gasteiger charge is 2.31. The number of amides is 1. The SMILES string of the molecule is CC(C)C(Sc1nnc(N(C)C)s1)C(=O)N(C)C1CCCCC1. The molecule has 1 aliphatic rings. The van der Waals surface area contributed by atoms with Crippen LogP contribution in [0.1, 0.15) is 46.0 Å². The summed E-state index contributed by atoms with van der Waals surface area (Å²) in [5.74, 6) is 0.503. The molecule has 0 bridgehead atoms. The van der Waals surface area contributed by atoms with Gasteiger partial charge in [-0.3, -0.25) is 4.79 Å². The summed E-state index contributed by atoms with van der Waals surface area (Å²) >= 11 is 3.11. The van der Waals surface area contributed by atoms with Crippen molar-refractivity contribution in [3.63, 3.8) is 0 Å². The van der Waals surface area contributed by atoms with Crippen molar-refractivity contribution in [3.05, 3.63) is 0 Å². The minimum atomic E-state index is -0.0927. The van der Waals surface area contributed by atoms with Crippen molar-refractivity contribution >= 4 is 34.1 Å². The molecule has 1 amide bonds. The molecule has 0 spiro atoms. The quantitative estimate of drug-likeness (QED) is 0.730. The summed E-state index contributed by atoms with van der Waals surface area (Å²) < 4.78 is 0.873. The van der Waals surface area contributed by atoms with E-state index in [1.807, 2.05) is 30.9 Å². The van der Waals surface area contributed by atoms with E-state index in [1.54, 1.807) is 23.1 Å². The van der Waals surface area contributed by atoms with E-state index >= 15 is 0 Å². The molecule has 1 aliphatic carbocycles. The van der Waals surface area contributed by atoms with Crippen molar-refractivity contribution in [2.75, 3.05) is 26.0 Å². The molecule has 1 atom stereocenters. The summed E-state index contributed by atoms with van der Waals surface area (Å²) in [7, 11) is 5.88. The summed E-state index contributed by atoms with van der Waals surface area (Å²) in [6, 6.07) is 0.407. The Bertz CT molecular complexity index is 512. The predicted octanol–water partition coefficient (Wildman–Crippen LogP) is 3.51. The average molecular weight is 357 g/mol. The van der Waals surface area contributed by atoms with Gasteiger partial charge in [0.15, 0.2) is 4.34 Å². The Morgan fingerprint density at radius 1 is 1.17 bits per heavy atom. The van der Waals surface area contributed by atoms with Gasteiger partial charge in [0.2, 0.25) is 11.0 Å². The summed E-state index contributed by atoms with van der Waals surface area (Å²) in [6.45, 7) is 4.22. The van der Waals surface area contributed by atoms with Crippen molar-refractivity contribution < 1.29 is 4.79 Å². The Kier molecular flexibility index (Phi) is 6.71. The normalized spacial score (nSPS) is 17.3. The molecule has 2 rings (SSSR count). The standard InChI is InChI=1S/C16H28N4OS2/c1-11(2)13(22-16-18-17-15(23-16)19(3)4)14(21)20(5)12-9-7-6-8-10-12/h11-13H,6-10H2,1-5H3. The first-order valence-corrected chi connectivity index (χ1v) is 10.0. The Morgan fingerprint density at radius 2 is 1.83 bits per heavy atom. The first-order chi connectivity index (χ1) is 10.9. The van der Waals surface area contributed by atoms with Gasteiger partial charge in [-0.05, 0) is 18.8 Å². The van der Waals surface area contributed by atoms with Crippen molar-refractivity contribution in [1.82, 2.24) is 15.1 Å². The van der Waals surface area contributed by atoms with E-state index in [9.17, 15) is 4.79 Å². The van der Waals surface area contributed by atoms with E-state index in [0.717, 1.165) is 22.3 Å². The molecule has 1 saturated carbocycles. The lowest BCUT2D eigenvalue weighted by Crippen LogP contribution is -2.44. The lowest BCUT2D eigenvalue weighted by atomic mass is 9.94. The second kappa shape index (κ2) is 8.33. The van der Waals surface area contributed by atoms with Crippen LogP contribution < -0.4 is 4.90 Å². The molecule has 1 heterocycles. The number of nitrogens with zero attached hydrogens (tertiary/aromatic N) is 4. The molecule has 1 fully saturated rings. The highest BCUT2D eigenvalue weighted by molar-refractivity contribution is 8.02. The van der Waals surface area contributed by atoms with E-state index in [-0.39, 0.29) is 17.1 Å². The summed E-state index contributed by atoms with van der Waals surface area (Å²) in [4.78, 5) is 16.9. The molecule has 1 aromatic rings. The van der Waals surface area contributed by atoms with Gasteiger partial charge in [-0.1, -0.05) is 56.2 Å². The van der Waals surface area contributed by atoms with Crippen molar-refractivity contribution in [2.24, 2.45) is 5.92 Å². The highest BCUT2D eigenvalue weighted by Crippen LogP contribution is 2.34. The van der Waals surface area contributed by atoms with Gasteiger partial charge >= 0.3 is 0 Å². The molecule has 23 heavy (non-hydrogen) atoms. The van der Waals surface area contributed by atoms with E-state index < -0.39 is 0 Å². The third-order valence-corrected chi connectivity index (χ3v) is 7.03. The van der Waals surface area contributed by atoms with Crippen LogP contribution in [0.5, 0.6) is 0 Å². The average Bonchev–Trinajstić information content (AvgIpc) is 3.01. The van der Waals surface area contributed by atoms with Gasteiger partial charge in [-0.15, -0.1) is 10.2 Å². The number of rotatable bonds is 6. The van der Waals surface area contributed by atoms with Gasteiger partial charge in [0.25, 0.3) is 0 Å². The number of thioether (sulfide) groups is 1.